The summed E-state index contributed by atoms with van der Waals surface area (Å²) in [4.78, 5) is 65.7. The Morgan fingerprint density at radius 2 is 1.98 bits per heavy atom. The number of esters is 1. The largest absolute Gasteiger partial charge is 1.00 e. The fourth-order valence-electron chi connectivity index (χ4n) is 5.01. The predicted octanol–water partition coefficient (Wildman–Crippen LogP) is -0.934. The van der Waals surface area contributed by atoms with Gasteiger partial charge in [0.15, 0.2) is 11.5 Å². The zero-order valence-corrected chi connectivity index (χ0v) is 26.2. The van der Waals surface area contributed by atoms with E-state index in [1.165, 1.54) is 35.4 Å². The summed E-state index contributed by atoms with van der Waals surface area (Å²) in [6, 6.07) is 5.99. The molecule has 0 aliphatic carbocycles. The number of aryl methyl sites for hydroxylation is 1. The van der Waals surface area contributed by atoms with Crippen molar-refractivity contribution in [3.63, 3.8) is 0 Å². The summed E-state index contributed by atoms with van der Waals surface area (Å²) in [5, 5.41) is 14.1. The average Bonchev–Trinajstić information content (AvgIpc) is 3.65. The second kappa shape index (κ2) is 12.1. The zero-order chi connectivity index (χ0) is 28.8. The van der Waals surface area contributed by atoms with Crippen LogP contribution in [-0.2, 0) is 32.1 Å². The summed E-state index contributed by atoms with van der Waals surface area (Å²) >= 11 is 2.69. The van der Waals surface area contributed by atoms with Crippen LogP contribution in [0.5, 0.6) is 11.5 Å². The molecule has 1 aromatic carbocycles. The minimum Gasteiger partial charge on any atom is -1.00 e. The Kier molecular flexibility index (Phi) is 8.71. The van der Waals surface area contributed by atoms with E-state index in [9.17, 15) is 29.1 Å². The van der Waals surface area contributed by atoms with Crippen LogP contribution in [0.25, 0.3) is 10.9 Å². The topological polar surface area (TPSA) is 153 Å². The smallest absolute Gasteiger partial charge is 1.00 e. The van der Waals surface area contributed by atoms with Crippen molar-refractivity contribution in [1.29, 1.82) is 0 Å². The molecule has 42 heavy (non-hydrogen) atoms. The molecule has 12 nitrogen and oxygen atoms in total. The van der Waals surface area contributed by atoms with Crippen molar-refractivity contribution < 1.29 is 69.5 Å². The van der Waals surface area contributed by atoms with Crippen molar-refractivity contribution in [3.8, 4) is 11.5 Å². The van der Waals surface area contributed by atoms with Crippen LogP contribution in [0.15, 0.2) is 51.9 Å². The van der Waals surface area contributed by atoms with Gasteiger partial charge in [-0.1, -0.05) is 6.07 Å². The Hall–Kier alpha value is -3.30. The number of thioether (sulfide) groups is 1. The first-order valence-corrected chi connectivity index (χ1v) is 14.5. The first kappa shape index (κ1) is 30.2. The van der Waals surface area contributed by atoms with Crippen LogP contribution < -0.4 is 49.8 Å². The van der Waals surface area contributed by atoms with Gasteiger partial charge in [0.2, 0.25) is 18.1 Å². The fourth-order valence-corrected chi connectivity index (χ4v) is 7.04. The van der Waals surface area contributed by atoms with Crippen molar-refractivity contribution in [1.82, 2.24) is 14.8 Å². The molecule has 3 aliphatic heterocycles. The van der Waals surface area contributed by atoms with Gasteiger partial charge in [-0.2, -0.15) is 0 Å². The molecule has 0 radical (unpaired) electrons. The molecule has 2 aromatic heterocycles. The van der Waals surface area contributed by atoms with E-state index in [0.717, 1.165) is 9.78 Å². The van der Waals surface area contributed by atoms with Crippen LogP contribution in [-0.4, -0.2) is 68.9 Å². The van der Waals surface area contributed by atoms with Gasteiger partial charge >= 0.3 is 41.5 Å². The molecule has 15 heteroatoms. The van der Waals surface area contributed by atoms with Crippen molar-refractivity contribution in [3.05, 3.63) is 67.8 Å². The Balaban J connectivity index is 0.00000212. The van der Waals surface area contributed by atoms with Gasteiger partial charge in [0.25, 0.3) is 5.91 Å². The maximum absolute atomic E-state index is 13.2. The second-order valence-corrected chi connectivity index (χ2v) is 11.6. The molecule has 214 valence electrons. The van der Waals surface area contributed by atoms with Gasteiger partial charge < -0.3 is 30.6 Å². The summed E-state index contributed by atoms with van der Waals surface area (Å²) < 4.78 is 17.9. The number of benzene rings is 1. The number of nitrogens with zero attached hydrogens (tertiary/aromatic N) is 2. The molecule has 1 unspecified atom stereocenters. The Labute approximate surface area is 270 Å². The van der Waals surface area contributed by atoms with Crippen LogP contribution in [0, 0.1) is 0 Å². The van der Waals surface area contributed by atoms with Crippen molar-refractivity contribution in [2.45, 2.75) is 31.3 Å². The first-order valence-electron chi connectivity index (χ1n) is 12.6. The van der Waals surface area contributed by atoms with Gasteiger partial charge in [0, 0.05) is 35.0 Å². The molecular weight excluding hydrogens is 597 g/mol. The molecule has 6 rings (SSSR count). The number of carboxylic acids is 1. The van der Waals surface area contributed by atoms with E-state index in [4.69, 9.17) is 14.2 Å². The maximum Gasteiger partial charge on any atom is 1.00 e. The summed E-state index contributed by atoms with van der Waals surface area (Å²) in [5.41, 5.74) is -0.281. The molecule has 5 heterocycles. The number of thiophene rings is 1. The number of nitrogens with one attached hydrogen (secondary N) is 1. The Bertz CT molecular complexity index is 1710. The number of rotatable bonds is 8. The molecular formula is C27H24N3NaO9S2. The third-order valence-electron chi connectivity index (χ3n) is 6.99. The first-order chi connectivity index (χ1) is 19.8. The molecule has 2 atom stereocenters. The van der Waals surface area contributed by atoms with Crippen LogP contribution in [0.2, 0.25) is 0 Å². The van der Waals surface area contributed by atoms with Gasteiger partial charge in [-0.3, -0.25) is 19.3 Å². The summed E-state index contributed by atoms with van der Waals surface area (Å²) in [6.45, 7) is 1.91. The summed E-state index contributed by atoms with van der Waals surface area (Å²) in [7, 11) is 0. The van der Waals surface area contributed by atoms with E-state index in [2.05, 4.69) is 5.32 Å². The SMILES string of the molecule is CCn1cc(C(=O)OCC2=C(C(=O)O)N3C(=O)C(NC(=O)Cc4cccs4)[C@H]3SC2)c(=O)c2cc3c(cc21)OCO3.[H-].[Na+]. The van der Waals surface area contributed by atoms with Gasteiger partial charge in [-0.25, -0.2) is 9.59 Å². The minimum absolute atomic E-state index is 0. The number of β-lactam (4-membered cyclic amide) rings is 1. The number of hydrogen-bond donors (Lipinski definition) is 2. The number of aliphatic carboxylic acids is 1. The number of amides is 2. The molecule has 1 fully saturated rings. The molecule has 2 N–H and O–H groups in total. The zero-order valence-electron chi connectivity index (χ0n) is 23.6. The van der Waals surface area contributed by atoms with E-state index in [0.29, 0.717) is 23.6 Å². The van der Waals surface area contributed by atoms with Gasteiger partial charge in [0.1, 0.15) is 29.3 Å². The third-order valence-corrected chi connectivity index (χ3v) is 9.21. The summed E-state index contributed by atoms with van der Waals surface area (Å²) in [6.07, 6.45) is 1.52. The quantitative estimate of drug-likeness (QED) is 0.183. The van der Waals surface area contributed by atoms with Gasteiger partial charge in [-0.15, -0.1) is 23.1 Å². The number of hydrogen-bond acceptors (Lipinski definition) is 10. The molecule has 3 aromatic rings. The fraction of sp³-hybridized carbons (Fsp3) is 0.296. The third kappa shape index (κ3) is 5.33. The van der Waals surface area contributed by atoms with E-state index in [1.807, 2.05) is 24.4 Å². The molecule has 2 amide bonds. The molecule has 1 saturated heterocycles. The van der Waals surface area contributed by atoms with Crippen LogP contribution in [0.1, 0.15) is 23.6 Å². The number of pyridine rings is 1. The van der Waals surface area contributed by atoms with Crippen molar-refractivity contribution in [2.24, 2.45) is 0 Å². The van der Waals surface area contributed by atoms with E-state index >= 15 is 0 Å². The predicted molar refractivity (Wildman–Crippen MR) is 149 cm³/mol. The average molecular weight is 622 g/mol. The Morgan fingerprint density at radius 1 is 1.21 bits per heavy atom. The number of fused-ring (bicyclic) bond motifs is 3. The number of carboxylic acid groups (broad SMARTS) is 1. The minimum atomic E-state index is -1.35. The standard InChI is InChI=1S/C27H23N3O9S2.Na.H/c1-2-29-9-16(23(32)15-7-18-19(8-17(15)29)39-12-38-18)27(36)37-10-13-11-41-25-21(24(33)30(25)22(13)26(34)35)28-20(31)6-14-4-3-5-40-14;;/h3-5,7-9,21,25H,2,6,10-12H2,1H3,(H,28,31)(H,34,35);;/q;+1;-1/t21?,25-;;/m1../s1. The van der Waals surface area contributed by atoms with Gasteiger partial charge in [-0.05, 0) is 24.4 Å². The van der Waals surface area contributed by atoms with E-state index < -0.39 is 41.3 Å². The Morgan fingerprint density at radius 3 is 2.67 bits per heavy atom. The van der Waals surface area contributed by atoms with E-state index in [1.54, 1.807) is 10.6 Å². The van der Waals surface area contributed by atoms with Gasteiger partial charge in [0.05, 0.1) is 17.3 Å². The monoisotopic (exact) mass is 621 g/mol. The second-order valence-electron chi connectivity index (χ2n) is 9.43. The van der Waals surface area contributed by atoms with Crippen LogP contribution in [0.4, 0.5) is 0 Å². The van der Waals surface area contributed by atoms with E-state index in [-0.39, 0.29) is 78.1 Å². The normalized spacial score (nSPS) is 18.7. The maximum atomic E-state index is 13.2. The van der Waals surface area contributed by atoms with Crippen molar-refractivity contribution in [2.75, 3.05) is 19.2 Å². The number of aromatic nitrogens is 1. The summed E-state index contributed by atoms with van der Waals surface area (Å²) in [5.74, 6) is -2.11. The van der Waals surface area contributed by atoms with Crippen LogP contribution in [0.3, 0.4) is 0 Å². The molecule has 0 bridgehead atoms. The number of ether oxygens (including phenoxy) is 3. The van der Waals surface area contributed by atoms with Crippen molar-refractivity contribution >= 4 is 57.8 Å². The molecule has 0 spiro atoms. The van der Waals surface area contributed by atoms with Crippen LogP contribution >= 0.6 is 23.1 Å². The number of carbonyl (C=O) groups excluding carboxylic acids is 3. The number of carbonyl (C=O) groups is 4. The molecule has 3 aliphatic rings. The molecule has 0 saturated carbocycles.